The second kappa shape index (κ2) is 5.79. The molecule has 70 valence electrons. The highest BCUT2D eigenvalue weighted by atomic mass is 35.5. The largest absolute Gasteiger partial charge is 0.330 e. The molecule has 0 atom stereocenters. The standard InChI is InChI=1S/C6H11N3O2.ClH/c7-4-2-1-3-5-6(10)9-11-8-5;/h1-4,7H2,(H,9,10);1H. The van der Waals surface area contributed by atoms with Crippen molar-refractivity contribution in [2.45, 2.75) is 19.3 Å². The minimum atomic E-state index is -0.234. The SMILES string of the molecule is Cl.NCCCCc1no[nH]c1=O. The van der Waals surface area contributed by atoms with Crippen molar-refractivity contribution in [1.82, 2.24) is 10.3 Å². The molecule has 1 aromatic rings. The van der Waals surface area contributed by atoms with Crippen LogP contribution in [-0.2, 0) is 6.42 Å². The molecule has 3 N–H and O–H groups in total. The Bertz CT molecular complexity index is 257. The molecule has 0 radical (unpaired) electrons. The van der Waals surface area contributed by atoms with Crippen molar-refractivity contribution < 1.29 is 4.63 Å². The van der Waals surface area contributed by atoms with Gasteiger partial charge < -0.3 is 5.73 Å². The summed E-state index contributed by atoms with van der Waals surface area (Å²) in [5.41, 5.74) is 5.50. The number of nitrogens with zero attached hydrogens (tertiary/aromatic N) is 1. The molecule has 0 aliphatic carbocycles. The molecule has 0 aliphatic heterocycles. The van der Waals surface area contributed by atoms with Gasteiger partial charge in [0.15, 0.2) is 5.69 Å². The third-order valence-electron chi connectivity index (χ3n) is 1.42. The van der Waals surface area contributed by atoms with E-state index in [9.17, 15) is 4.79 Å². The molecule has 0 unspecified atom stereocenters. The summed E-state index contributed by atoms with van der Waals surface area (Å²) in [5.74, 6) is 0. The lowest BCUT2D eigenvalue weighted by molar-refractivity contribution is 0.300. The third kappa shape index (κ3) is 3.06. The zero-order valence-electron chi connectivity index (χ0n) is 6.58. The first kappa shape index (κ1) is 11.2. The van der Waals surface area contributed by atoms with Gasteiger partial charge in [0.05, 0.1) is 0 Å². The average Bonchev–Trinajstić information content (AvgIpc) is 2.37. The summed E-state index contributed by atoms with van der Waals surface area (Å²) >= 11 is 0. The van der Waals surface area contributed by atoms with Crippen LogP contribution in [0.5, 0.6) is 0 Å². The summed E-state index contributed by atoms with van der Waals surface area (Å²) in [6.45, 7) is 0.649. The summed E-state index contributed by atoms with van der Waals surface area (Å²) < 4.78 is 4.36. The Kier molecular flexibility index (Phi) is 5.40. The van der Waals surface area contributed by atoms with Crippen LogP contribution in [0.3, 0.4) is 0 Å². The van der Waals surface area contributed by atoms with Gasteiger partial charge in [-0.05, 0) is 25.8 Å². The number of hydrogen-bond donors (Lipinski definition) is 2. The molecule has 0 saturated carbocycles. The number of unbranched alkanes of at least 4 members (excludes halogenated alkanes) is 1. The highest BCUT2D eigenvalue weighted by Gasteiger charge is 2.02. The van der Waals surface area contributed by atoms with E-state index in [-0.39, 0.29) is 18.0 Å². The van der Waals surface area contributed by atoms with Crippen LogP contribution in [0, 0.1) is 0 Å². The van der Waals surface area contributed by atoms with Crippen LogP contribution in [0.25, 0.3) is 0 Å². The van der Waals surface area contributed by atoms with E-state index < -0.39 is 0 Å². The number of aromatic amines is 1. The molecule has 0 saturated heterocycles. The Hall–Kier alpha value is -0.810. The van der Waals surface area contributed by atoms with Gasteiger partial charge in [0.25, 0.3) is 0 Å². The quantitative estimate of drug-likeness (QED) is 0.663. The number of nitrogens with two attached hydrogens (primary N) is 1. The molecule has 0 bridgehead atoms. The number of rotatable bonds is 4. The highest BCUT2D eigenvalue weighted by Crippen LogP contribution is 1.94. The van der Waals surface area contributed by atoms with E-state index in [1.165, 1.54) is 0 Å². The summed E-state index contributed by atoms with van der Waals surface area (Å²) in [6.07, 6.45) is 2.43. The predicted octanol–water partition coefficient (Wildman–Crippen LogP) is 0.0661. The van der Waals surface area contributed by atoms with Crippen molar-refractivity contribution in [3.05, 3.63) is 16.0 Å². The maximum absolute atomic E-state index is 10.8. The number of nitrogens with one attached hydrogen (secondary N) is 1. The van der Waals surface area contributed by atoms with Gasteiger partial charge in [-0.2, -0.15) is 5.16 Å². The molecule has 0 aliphatic rings. The van der Waals surface area contributed by atoms with Gasteiger partial charge in [-0.15, -0.1) is 12.4 Å². The van der Waals surface area contributed by atoms with Crippen LogP contribution in [0.15, 0.2) is 9.42 Å². The van der Waals surface area contributed by atoms with E-state index in [0.717, 1.165) is 12.8 Å². The summed E-state index contributed by atoms with van der Waals surface area (Å²) in [7, 11) is 0. The predicted molar refractivity (Wildman–Crippen MR) is 46.4 cm³/mol. The molecular weight excluding hydrogens is 182 g/mol. The highest BCUT2D eigenvalue weighted by molar-refractivity contribution is 5.85. The van der Waals surface area contributed by atoms with Gasteiger partial charge in [0.1, 0.15) is 0 Å². The Morgan fingerprint density at radius 3 is 2.75 bits per heavy atom. The molecule has 1 aromatic heterocycles. The van der Waals surface area contributed by atoms with Crippen molar-refractivity contribution in [3.8, 4) is 0 Å². The summed E-state index contributed by atoms with van der Waals surface area (Å²) in [6, 6.07) is 0. The van der Waals surface area contributed by atoms with Gasteiger partial charge in [-0.3, -0.25) is 9.42 Å². The molecule has 5 nitrogen and oxygen atoms in total. The third-order valence-corrected chi connectivity index (χ3v) is 1.42. The number of hydrogen-bond acceptors (Lipinski definition) is 4. The lowest BCUT2D eigenvalue weighted by Gasteiger charge is -1.90. The van der Waals surface area contributed by atoms with E-state index in [2.05, 4.69) is 14.9 Å². The van der Waals surface area contributed by atoms with Crippen LogP contribution in [0.1, 0.15) is 18.5 Å². The van der Waals surface area contributed by atoms with E-state index in [1.807, 2.05) is 0 Å². The monoisotopic (exact) mass is 193 g/mol. The smallest absolute Gasteiger partial charge is 0.303 e. The van der Waals surface area contributed by atoms with Crippen molar-refractivity contribution >= 4 is 12.4 Å². The number of aryl methyl sites for hydroxylation is 1. The molecule has 0 aromatic carbocycles. The Labute approximate surface area is 75.7 Å². The second-order valence-corrected chi connectivity index (χ2v) is 2.31. The average molecular weight is 194 g/mol. The van der Waals surface area contributed by atoms with Crippen LogP contribution >= 0.6 is 12.4 Å². The molecular formula is C6H12ClN3O2. The fourth-order valence-corrected chi connectivity index (χ4v) is 0.816. The molecule has 1 rings (SSSR count). The van der Waals surface area contributed by atoms with Crippen LogP contribution < -0.4 is 11.3 Å². The van der Waals surface area contributed by atoms with Gasteiger partial charge in [0, 0.05) is 0 Å². The maximum Gasteiger partial charge on any atom is 0.303 e. The molecule has 1 heterocycles. The maximum atomic E-state index is 10.8. The van der Waals surface area contributed by atoms with Crippen LogP contribution in [0.4, 0.5) is 0 Å². The number of H-pyrrole nitrogens is 1. The molecule has 0 amide bonds. The lowest BCUT2D eigenvalue weighted by Crippen LogP contribution is -2.07. The normalized spacial score (nSPS) is 9.42. The lowest BCUT2D eigenvalue weighted by atomic mass is 10.2. The van der Waals surface area contributed by atoms with Crippen LogP contribution in [0.2, 0.25) is 0 Å². The van der Waals surface area contributed by atoms with E-state index in [0.29, 0.717) is 18.7 Å². The Balaban J connectivity index is 0.00000121. The van der Waals surface area contributed by atoms with E-state index in [4.69, 9.17) is 5.73 Å². The number of halogens is 1. The minimum absolute atomic E-state index is 0. The molecule has 0 spiro atoms. The summed E-state index contributed by atoms with van der Waals surface area (Å²) in [5, 5.41) is 5.63. The van der Waals surface area contributed by atoms with Crippen molar-refractivity contribution in [3.63, 3.8) is 0 Å². The van der Waals surface area contributed by atoms with Crippen molar-refractivity contribution in [1.29, 1.82) is 0 Å². The van der Waals surface area contributed by atoms with E-state index in [1.54, 1.807) is 0 Å². The number of aromatic nitrogens is 2. The van der Waals surface area contributed by atoms with Crippen LogP contribution in [-0.4, -0.2) is 16.9 Å². The Morgan fingerprint density at radius 2 is 2.25 bits per heavy atom. The van der Waals surface area contributed by atoms with Gasteiger partial charge in [-0.25, -0.2) is 0 Å². The zero-order valence-corrected chi connectivity index (χ0v) is 7.39. The first-order valence-corrected chi connectivity index (χ1v) is 3.58. The van der Waals surface area contributed by atoms with E-state index >= 15 is 0 Å². The van der Waals surface area contributed by atoms with Gasteiger partial charge >= 0.3 is 5.56 Å². The first-order valence-electron chi connectivity index (χ1n) is 3.58. The second-order valence-electron chi connectivity index (χ2n) is 2.31. The molecule has 6 heteroatoms. The van der Waals surface area contributed by atoms with Crippen molar-refractivity contribution in [2.24, 2.45) is 5.73 Å². The van der Waals surface area contributed by atoms with Crippen molar-refractivity contribution in [2.75, 3.05) is 6.54 Å². The minimum Gasteiger partial charge on any atom is -0.330 e. The molecule has 0 fully saturated rings. The fraction of sp³-hybridized carbons (Fsp3) is 0.667. The van der Waals surface area contributed by atoms with Gasteiger partial charge in [-0.1, -0.05) is 5.16 Å². The topological polar surface area (TPSA) is 84.9 Å². The van der Waals surface area contributed by atoms with Gasteiger partial charge in [0.2, 0.25) is 0 Å². The zero-order chi connectivity index (χ0) is 8.10. The molecule has 12 heavy (non-hydrogen) atoms. The fourth-order valence-electron chi connectivity index (χ4n) is 0.816. The summed E-state index contributed by atoms with van der Waals surface area (Å²) in [4.78, 5) is 10.8. The first-order chi connectivity index (χ1) is 5.34. The Morgan fingerprint density at radius 1 is 1.50 bits per heavy atom.